The van der Waals surface area contributed by atoms with E-state index < -0.39 is 11.7 Å². The lowest BCUT2D eigenvalue weighted by molar-refractivity contribution is -0.123. The number of hydrogen-bond donors (Lipinski definition) is 0. The highest BCUT2D eigenvalue weighted by Gasteiger charge is 2.35. The number of amides is 2. The van der Waals surface area contributed by atoms with Gasteiger partial charge in [0.05, 0.1) is 11.4 Å². The van der Waals surface area contributed by atoms with Gasteiger partial charge in [0.2, 0.25) is 0 Å². The molecule has 0 unspecified atom stereocenters. The zero-order valence-corrected chi connectivity index (χ0v) is 14.2. The third-order valence-electron chi connectivity index (χ3n) is 3.35. The molecule has 2 aromatic carbocycles. The van der Waals surface area contributed by atoms with E-state index in [1.54, 1.807) is 18.2 Å². The third-order valence-corrected chi connectivity index (χ3v) is 5.03. The summed E-state index contributed by atoms with van der Waals surface area (Å²) in [4.78, 5) is 25.9. The quantitative estimate of drug-likeness (QED) is 0.703. The first kappa shape index (κ1) is 16.0. The standard InChI is InChI=1S/C17H11BrFNO2S/c18-13-7-3-1-6-12(13)10-20-16(21)15(23-17(20)22)9-11-5-2-4-8-14(11)19/h1-9H,10H2/b15-9+. The summed E-state index contributed by atoms with van der Waals surface area (Å²) in [6.45, 7) is 0.181. The molecule has 1 fully saturated rings. The van der Waals surface area contributed by atoms with Crippen molar-refractivity contribution in [2.45, 2.75) is 6.54 Å². The lowest BCUT2D eigenvalue weighted by Gasteiger charge is -2.13. The van der Waals surface area contributed by atoms with Gasteiger partial charge in [0.1, 0.15) is 5.82 Å². The minimum atomic E-state index is -0.426. The maximum absolute atomic E-state index is 13.7. The Hall–Kier alpha value is -1.92. The van der Waals surface area contributed by atoms with Crippen LogP contribution < -0.4 is 0 Å². The van der Waals surface area contributed by atoms with Crippen LogP contribution in [0.5, 0.6) is 0 Å². The Morgan fingerprint density at radius 1 is 1.09 bits per heavy atom. The molecular formula is C17H11BrFNO2S. The predicted molar refractivity (Wildman–Crippen MR) is 92.1 cm³/mol. The molecule has 1 saturated heterocycles. The van der Waals surface area contributed by atoms with Crippen LogP contribution in [0.25, 0.3) is 6.08 Å². The van der Waals surface area contributed by atoms with E-state index in [0.29, 0.717) is 5.56 Å². The van der Waals surface area contributed by atoms with Crippen LogP contribution in [0.2, 0.25) is 0 Å². The third kappa shape index (κ3) is 3.38. The highest BCUT2D eigenvalue weighted by molar-refractivity contribution is 9.10. The molecule has 3 rings (SSSR count). The van der Waals surface area contributed by atoms with E-state index in [-0.39, 0.29) is 16.7 Å². The van der Waals surface area contributed by atoms with E-state index in [1.165, 1.54) is 12.1 Å². The molecule has 6 heteroatoms. The minimum Gasteiger partial charge on any atom is -0.268 e. The van der Waals surface area contributed by atoms with E-state index in [4.69, 9.17) is 0 Å². The summed E-state index contributed by atoms with van der Waals surface area (Å²) < 4.78 is 14.5. The fourth-order valence-electron chi connectivity index (χ4n) is 2.17. The SMILES string of the molecule is O=C1S/C(=C/c2ccccc2F)C(=O)N1Cc1ccccc1Br. The Morgan fingerprint density at radius 2 is 1.78 bits per heavy atom. The second-order valence-electron chi connectivity index (χ2n) is 4.88. The van der Waals surface area contributed by atoms with Crippen molar-refractivity contribution in [3.8, 4) is 0 Å². The largest absolute Gasteiger partial charge is 0.293 e. The molecule has 0 radical (unpaired) electrons. The van der Waals surface area contributed by atoms with Crippen LogP contribution >= 0.6 is 27.7 Å². The van der Waals surface area contributed by atoms with Gasteiger partial charge in [-0.1, -0.05) is 52.3 Å². The highest BCUT2D eigenvalue weighted by Crippen LogP contribution is 2.34. The molecule has 1 heterocycles. The Bertz CT molecular complexity index is 822. The molecule has 0 saturated carbocycles. The van der Waals surface area contributed by atoms with Crippen molar-refractivity contribution in [1.82, 2.24) is 4.90 Å². The fraction of sp³-hybridized carbons (Fsp3) is 0.0588. The number of halogens is 2. The van der Waals surface area contributed by atoms with Crippen molar-refractivity contribution >= 4 is 44.9 Å². The Kier molecular flexibility index (Phi) is 4.63. The van der Waals surface area contributed by atoms with Gasteiger partial charge in [-0.05, 0) is 35.5 Å². The normalized spacial score (nSPS) is 16.4. The molecule has 3 nitrogen and oxygen atoms in total. The van der Waals surface area contributed by atoms with Gasteiger partial charge >= 0.3 is 0 Å². The summed E-state index contributed by atoms with van der Waals surface area (Å²) in [5.74, 6) is -0.830. The lowest BCUT2D eigenvalue weighted by Crippen LogP contribution is -2.27. The van der Waals surface area contributed by atoms with Crippen molar-refractivity contribution in [2.24, 2.45) is 0 Å². The zero-order chi connectivity index (χ0) is 16.4. The van der Waals surface area contributed by atoms with Gasteiger partial charge in [0.15, 0.2) is 0 Å². The maximum atomic E-state index is 13.7. The van der Waals surface area contributed by atoms with E-state index >= 15 is 0 Å². The van der Waals surface area contributed by atoms with E-state index in [9.17, 15) is 14.0 Å². The van der Waals surface area contributed by atoms with Crippen LogP contribution in [-0.4, -0.2) is 16.0 Å². The van der Waals surface area contributed by atoms with Crippen molar-refractivity contribution in [1.29, 1.82) is 0 Å². The van der Waals surface area contributed by atoms with Crippen molar-refractivity contribution < 1.29 is 14.0 Å². The number of thioether (sulfide) groups is 1. The average molecular weight is 392 g/mol. The fourth-order valence-corrected chi connectivity index (χ4v) is 3.41. The first-order valence-electron chi connectivity index (χ1n) is 6.79. The highest BCUT2D eigenvalue weighted by atomic mass is 79.9. The number of hydrogen-bond acceptors (Lipinski definition) is 3. The summed E-state index contributed by atoms with van der Waals surface area (Å²) in [7, 11) is 0. The number of imide groups is 1. The van der Waals surface area contributed by atoms with Crippen LogP contribution in [0.3, 0.4) is 0 Å². The molecule has 0 aromatic heterocycles. The maximum Gasteiger partial charge on any atom is 0.293 e. The molecular weight excluding hydrogens is 381 g/mol. The second kappa shape index (κ2) is 6.68. The molecule has 2 aromatic rings. The molecule has 0 aliphatic carbocycles. The molecule has 116 valence electrons. The number of carbonyl (C=O) groups is 2. The smallest absolute Gasteiger partial charge is 0.268 e. The van der Waals surface area contributed by atoms with Gasteiger partial charge < -0.3 is 0 Å². The van der Waals surface area contributed by atoms with Gasteiger partial charge in [-0.3, -0.25) is 14.5 Å². The number of benzene rings is 2. The van der Waals surface area contributed by atoms with Crippen molar-refractivity contribution in [3.05, 3.63) is 74.9 Å². The molecule has 0 bridgehead atoms. The zero-order valence-electron chi connectivity index (χ0n) is 11.8. The Labute approximate surface area is 145 Å². The van der Waals surface area contributed by atoms with Gasteiger partial charge in [0.25, 0.3) is 11.1 Å². The van der Waals surface area contributed by atoms with Gasteiger partial charge in [-0.25, -0.2) is 4.39 Å². The Balaban J connectivity index is 1.86. The number of rotatable bonds is 3. The molecule has 1 aliphatic heterocycles. The molecule has 1 aliphatic rings. The summed E-state index contributed by atoms with van der Waals surface area (Å²) >= 11 is 4.23. The molecule has 0 N–H and O–H groups in total. The summed E-state index contributed by atoms with van der Waals surface area (Å²) in [6, 6.07) is 13.5. The van der Waals surface area contributed by atoms with Crippen LogP contribution in [-0.2, 0) is 11.3 Å². The van der Waals surface area contributed by atoms with E-state index in [0.717, 1.165) is 26.7 Å². The molecule has 0 spiro atoms. The molecule has 0 atom stereocenters. The predicted octanol–water partition coefficient (Wildman–Crippen LogP) is 4.82. The summed E-state index contributed by atoms with van der Waals surface area (Å²) in [5.41, 5.74) is 1.13. The van der Waals surface area contributed by atoms with Gasteiger partial charge in [0, 0.05) is 10.0 Å². The van der Waals surface area contributed by atoms with Crippen molar-refractivity contribution in [2.75, 3.05) is 0 Å². The number of nitrogens with zero attached hydrogens (tertiary/aromatic N) is 1. The van der Waals surface area contributed by atoms with Gasteiger partial charge in [-0.15, -0.1) is 0 Å². The first-order chi connectivity index (χ1) is 11.1. The topological polar surface area (TPSA) is 37.4 Å². The summed E-state index contributed by atoms with van der Waals surface area (Å²) in [6.07, 6.45) is 1.42. The number of carbonyl (C=O) groups excluding carboxylic acids is 2. The Morgan fingerprint density at radius 3 is 2.52 bits per heavy atom. The minimum absolute atomic E-state index is 0.181. The van der Waals surface area contributed by atoms with Crippen LogP contribution in [0.15, 0.2) is 57.9 Å². The van der Waals surface area contributed by atoms with Crippen LogP contribution in [0, 0.1) is 5.82 Å². The van der Waals surface area contributed by atoms with E-state index in [2.05, 4.69) is 15.9 Å². The first-order valence-corrected chi connectivity index (χ1v) is 8.40. The summed E-state index contributed by atoms with van der Waals surface area (Å²) in [5, 5.41) is -0.353. The van der Waals surface area contributed by atoms with Crippen LogP contribution in [0.4, 0.5) is 9.18 Å². The van der Waals surface area contributed by atoms with Crippen LogP contribution in [0.1, 0.15) is 11.1 Å². The van der Waals surface area contributed by atoms with Crippen molar-refractivity contribution in [3.63, 3.8) is 0 Å². The van der Waals surface area contributed by atoms with E-state index in [1.807, 2.05) is 24.3 Å². The molecule has 23 heavy (non-hydrogen) atoms. The average Bonchev–Trinajstić information content (AvgIpc) is 2.79. The molecule has 2 amide bonds. The second-order valence-corrected chi connectivity index (χ2v) is 6.73. The monoisotopic (exact) mass is 391 g/mol. The van der Waals surface area contributed by atoms with Gasteiger partial charge in [-0.2, -0.15) is 0 Å². The lowest BCUT2D eigenvalue weighted by atomic mass is 10.2.